The average molecular weight is 471 g/mol. The summed E-state index contributed by atoms with van der Waals surface area (Å²) in [5.74, 6) is -0.334. The first-order valence-electron chi connectivity index (χ1n) is 9.33. The standard InChI is InChI=1S/C22H16Cl2N4O2S/c1-2-30-21(29)17-18(12-6-4-3-5-7-12)27-22-28(20(26)16(11-25)31-22)19(17)14-9-8-13(23)10-15(14)24/h3-10,19H,2,26H2,1H3/t19-/m1/s1. The van der Waals surface area contributed by atoms with E-state index in [1.54, 1.807) is 30.0 Å². The molecule has 2 aromatic carbocycles. The Morgan fingerprint density at radius 2 is 2.03 bits per heavy atom. The minimum Gasteiger partial charge on any atom is -0.463 e. The Morgan fingerprint density at radius 3 is 2.68 bits per heavy atom. The van der Waals surface area contributed by atoms with Crippen molar-refractivity contribution in [2.45, 2.75) is 13.0 Å². The molecule has 31 heavy (non-hydrogen) atoms. The predicted octanol–water partition coefficient (Wildman–Crippen LogP) is 5.08. The largest absolute Gasteiger partial charge is 0.463 e. The van der Waals surface area contributed by atoms with Gasteiger partial charge in [-0.1, -0.05) is 59.6 Å². The number of hydrogen-bond donors (Lipinski definition) is 1. The number of benzene rings is 2. The quantitative estimate of drug-likeness (QED) is 0.626. The summed E-state index contributed by atoms with van der Waals surface area (Å²) in [6, 6.07) is 15.7. The van der Waals surface area contributed by atoms with Crippen molar-refractivity contribution in [1.29, 1.82) is 5.26 Å². The van der Waals surface area contributed by atoms with Crippen LogP contribution in [0.5, 0.6) is 0 Å². The van der Waals surface area contributed by atoms with Crippen LogP contribution in [-0.2, 0) is 9.53 Å². The number of nitrogens with two attached hydrogens (primary N) is 1. The van der Waals surface area contributed by atoms with Crippen molar-refractivity contribution in [2.24, 2.45) is 10.7 Å². The molecule has 0 saturated heterocycles. The summed E-state index contributed by atoms with van der Waals surface area (Å²) in [7, 11) is 0. The van der Waals surface area contributed by atoms with Gasteiger partial charge in [-0.2, -0.15) is 5.26 Å². The third-order valence-corrected chi connectivity index (χ3v) is 6.32. The number of aliphatic imine (C=N–C) groups is 1. The molecule has 0 aliphatic carbocycles. The van der Waals surface area contributed by atoms with Gasteiger partial charge in [-0.25, -0.2) is 9.79 Å². The Morgan fingerprint density at radius 1 is 1.29 bits per heavy atom. The van der Waals surface area contributed by atoms with Gasteiger partial charge in [0.1, 0.15) is 16.8 Å². The summed E-state index contributed by atoms with van der Waals surface area (Å²) in [5, 5.41) is 10.8. The van der Waals surface area contributed by atoms with Gasteiger partial charge in [0.25, 0.3) is 0 Å². The molecule has 2 aromatic rings. The number of halogens is 2. The zero-order valence-corrected chi connectivity index (χ0v) is 18.6. The van der Waals surface area contributed by atoms with E-state index < -0.39 is 12.0 Å². The molecule has 2 aliphatic heterocycles. The molecular formula is C22H16Cl2N4O2S. The van der Waals surface area contributed by atoms with Crippen molar-refractivity contribution >= 4 is 51.8 Å². The molecule has 2 N–H and O–H groups in total. The van der Waals surface area contributed by atoms with E-state index in [2.05, 4.69) is 6.07 Å². The number of carbonyl (C=O) groups excluding carboxylic acids is 1. The lowest BCUT2D eigenvalue weighted by Crippen LogP contribution is -2.39. The molecule has 0 amide bonds. The van der Waals surface area contributed by atoms with E-state index >= 15 is 0 Å². The number of ether oxygens (including phenoxy) is 1. The van der Waals surface area contributed by atoms with E-state index in [-0.39, 0.29) is 18.0 Å². The Kier molecular flexibility index (Phi) is 5.96. The maximum absolute atomic E-state index is 13.2. The molecule has 6 nitrogen and oxygen atoms in total. The van der Waals surface area contributed by atoms with E-state index in [9.17, 15) is 10.1 Å². The van der Waals surface area contributed by atoms with E-state index in [0.29, 0.717) is 31.4 Å². The van der Waals surface area contributed by atoms with Crippen LogP contribution in [0, 0.1) is 11.3 Å². The lowest BCUT2D eigenvalue weighted by atomic mass is 9.92. The number of fused-ring (bicyclic) bond motifs is 1. The molecular weight excluding hydrogens is 455 g/mol. The minimum atomic E-state index is -0.745. The molecule has 4 rings (SSSR count). The van der Waals surface area contributed by atoms with Crippen molar-refractivity contribution in [3.05, 3.63) is 86.0 Å². The highest BCUT2D eigenvalue weighted by atomic mass is 35.5. The Balaban J connectivity index is 2.03. The fraction of sp³-hybridized carbons (Fsp3) is 0.136. The van der Waals surface area contributed by atoms with Gasteiger partial charge in [0, 0.05) is 15.6 Å². The van der Waals surface area contributed by atoms with E-state index in [1.807, 2.05) is 30.3 Å². The van der Waals surface area contributed by atoms with Crippen molar-refractivity contribution in [3.8, 4) is 6.07 Å². The topological polar surface area (TPSA) is 91.7 Å². The third-order valence-electron chi connectivity index (χ3n) is 4.79. The van der Waals surface area contributed by atoms with Crippen molar-refractivity contribution in [2.75, 3.05) is 6.61 Å². The number of carbonyl (C=O) groups is 1. The van der Waals surface area contributed by atoms with Gasteiger partial charge in [-0.05, 0) is 36.4 Å². The highest BCUT2D eigenvalue weighted by Crippen LogP contribution is 2.48. The van der Waals surface area contributed by atoms with Crippen LogP contribution in [0.15, 0.2) is 69.8 Å². The smallest absolute Gasteiger partial charge is 0.338 e. The molecule has 0 saturated carbocycles. The highest BCUT2D eigenvalue weighted by molar-refractivity contribution is 8.17. The van der Waals surface area contributed by atoms with Crippen LogP contribution in [0.25, 0.3) is 5.70 Å². The van der Waals surface area contributed by atoms with Crippen LogP contribution in [0.3, 0.4) is 0 Å². The molecule has 9 heteroatoms. The first-order valence-corrected chi connectivity index (χ1v) is 10.9. The van der Waals surface area contributed by atoms with Gasteiger partial charge in [0.05, 0.1) is 23.9 Å². The fourth-order valence-electron chi connectivity index (χ4n) is 3.48. The number of esters is 1. The van der Waals surface area contributed by atoms with Crippen molar-refractivity contribution in [1.82, 2.24) is 4.90 Å². The van der Waals surface area contributed by atoms with Crippen LogP contribution >= 0.6 is 35.0 Å². The van der Waals surface area contributed by atoms with E-state index in [0.717, 1.165) is 17.3 Å². The monoisotopic (exact) mass is 470 g/mol. The second-order valence-corrected chi connectivity index (χ2v) is 8.43. The lowest BCUT2D eigenvalue weighted by molar-refractivity contribution is -0.139. The molecule has 1 atom stereocenters. The Hall–Kier alpha value is -2.92. The summed E-state index contributed by atoms with van der Waals surface area (Å²) in [6.07, 6.45) is 0. The van der Waals surface area contributed by atoms with Gasteiger partial charge in [0.15, 0.2) is 5.17 Å². The van der Waals surface area contributed by atoms with E-state index in [1.165, 1.54) is 0 Å². The van der Waals surface area contributed by atoms with Gasteiger partial charge >= 0.3 is 5.97 Å². The molecule has 0 aromatic heterocycles. The maximum atomic E-state index is 13.2. The fourth-order valence-corrected chi connectivity index (χ4v) is 4.86. The van der Waals surface area contributed by atoms with Gasteiger partial charge in [0.2, 0.25) is 0 Å². The summed E-state index contributed by atoms with van der Waals surface area (Å²) >= 11 is 13.8. The summed E-state index contributed by atoms with van der Waals surface area (Å²) in [5.41, 5.74) is 8.37. The van der Waals surface area contributed by atoms with E-state index in [4.69, 9.17) is 38.7 Å². The molecule has 0 spiro atoms. The summed E-state index contributed by atoms with van der Waals surface area (Å²) in [4.78, 5) is 19.9. The molecule has 156 valence electrons. The number of nitriles is 1. The second-order valence-electron chi connectivity index (χ2n) is 6.61. The Bertz CT molecular complexity index is 1200. The first kappa shape index (κ1) is 21.3. The number of hydrogen-bond acceptors (Lipinski definition) is 7. The average Bonchev–Trinajstić information content (AvgIpc) is 3.09. The molecule has 0 unspecified atom stereocenters. The maximum Gasteiger partial charge on any atom is 0.338 e. The minimum absolute atomic E-state index is 0.186. The van der Waals surface area contributed by atoms with Gasteiger partial charge < -0.3 is 10.5 Å². The number of amidine groups is 1. The number of thioether (sulfide) groups is 1. The highest BCUT2D eigenvalue weighted by Gasteiger charge is 2.44. The number of allylic oxidation sites excluding steroid dienone is 1. The zero-order valence-electron chi connectivity index (χ0n) is 16.3. The van der Waals surface area contributed by atoms with Crippen molar-refractivity contribution in [3.63, 3.8) is 0 Å². The number of rotatable bonds is 4. The zero-order chi connectivity index (χ0) is 22.1. The Labute approximate surface area is 193 Å². The predicted molar refractivity (Wildman–Crippen MR) is 123 cm³/mol. The third kappa shape index (κ3) is 3.79. The van der Waals surface area contributed by atoms with Crippen LogP contribution < -0.4 is 5.73 Å². The van der Waals surface area contributed by atoms with Crippen LogP contribution in [-0.4, -0.2) is 22.6 Å². The molecule has 0 fully saturated rings. The van der Waals surface area contributed by atoms with Gasteiger partial charge in [-0.3, -0.25) is 4.90 Å². The number of nitrogens with zero attached hydrogens (tertiary/aromatic N) is 3. The normalized spacial score (nSPS) is 17.9. The molecule has 2 heterocycles. The first-order chi connectivity index (χ1) is 15.0. The van der Waals surface area contributed by atoms with Crippen LogP contribution in [0.2, 0.25) is 10.0 Å². The lowest BCUT2D eigenvalue weighted by Gasteiger charge is -2.35. The molecule has 0 radical (unpaired) electrons. The van der Waals surface area contributed by atoms with Crippen molar-refractivity contribution < 1.29 is 9.53 Å². The van der Waals surface area contributed by atoms with Crippen LogP contribution in [0.1, 0.15) is 24.1 Å². The summed E-state index contributed by atoms with van der Waals surface area (Å²) < 4.78 is 5.39. The van der Waals surface area contributed by atoms with Crippen LogP contribution in [0.4, 0.5) is 0 Å². The summed E-state index contributed by atoms with van der Waals surface area (Å²) in [6.45, 7) is 1.92. The molecule has 0 bridgehead atoms. The molecule has 2 aliphatic rings. The SMILES string of the molecule is CCOC(=O)C1=C(c2ccccc2)N=C2SC(C#N)=C(N)N2[C@@H]1c1ccc(Cl)cc1Cl. The van der Waals surface area contributed by atoms with Gasteiger partial charge in [-0.15, -0.1) is 0 Å². The second kappa shape index (κ2) is 8.67.